The van der Waals surface area contributed by atoms with E-state index in [1.807, 2.05) is 30.3 Å². The van der Waals surface area contributed by atoms with Gasteiger partial charge in [0.25, 0.3) is 0 Å². The van der Waals surface area contributed by atoms with Crippen LogP contribution in [-0.4, -0.2) is 47.5 Å². The first-order valence-electron chi connectivity index (χ1n) is 16.4. The van der Waals surface area contributed by atoms with E-state index in [1.54, 1.807) is 5.57 Å². The number of rotatable bonds is 11. The fourth-order valence-corrected chi connectivity index (χ4v) is 9.68. The summed E-state index contributed by atoms with van der Waals surface area (Å²) in [6.45, 7) is 9.25. The third kappa shape index (κ3) is 6.42. The number of ether oxygens (including phenoxy) is 1. The van der Waals surface area contributed by atoms with E-state index in [0.29, 0.717) is 30.1 Å². The molecule has 232 valence electrons. The van der Waals surface area contributed by atoms with Crippen molar-refractivity contribution in [3.63, 3.8) is 0 Å². The Bertz CT molecular complexity index is 1120. The number of carboxylic acid groups (broad SMARTS) is 1. The number of carbonyl (C=O) groups is 2. The summed E-state index contributed by atoms with van der Waals surface area (Å²) in [6, 6.07) is 8.38. The van der Waals surface area contributed by atoms with Crippen LogP contribution in [0.15, 0.2) is 42.0 Å². The standard InChI is InChI=1S/C35H52N2O5/c1-23(21-36-19-7-10-31(32(39)40)37-33(41)42-22-24-8-5-4-6-9-24)28-13-14-29-27-12-11-25-20-26(38)15-17-34(25,2)30(27)16-18-35(28,29)3/h4-6,8-9,11,23,26-31,36,38H,7,10,12-22H2,1-3H3,(H,37,41)(H,39,40)/t23-,26+,27?,28-,29+,30+,31+,34+,35-/m1/s1. The van der Waals surface area contributed by atoms with Gasteiger partial charge in [0.2, 0.25) is 0 Å². The Balaban J connectivity index is 1.06. The summed E-state index contributed by atoms with van der Waals surface area (Å²) >= 11 is 0. The zero-order valence-electron chi connectivity index (χ0n) is 25.8. The molecule has 9 atom stereocenters. The molecule has 1 aromatic rings. The lowest BCUT2D eigenvalue weighted by Crippen LogP contribution is -2.51. The number of carbonyl (C=O) groups excluding carboxylic acids is 1. The largest absolute Gasteiger partial charge is 0.480 e. The van der Waals surface area contributed by atoms with Gasteiger partial charge in [0.15, 0.2) is 0 Å². The summed E-state index contributed by atoms with van der Waals surface area (Å²) in [5.74, 6) is 2.56. The monoisotopic (exact) mass is 580 g/mol. The molecular formula is C35H52N2O5. The number of alkyl carbamates (subject to hydrolysis) is 1. The predicted octanol–water partition coefficient (Wildman–Crippen LogP) is 6.31. The second-order valence-electron chi connectivity index (χ2n) is 14.3. The van der Waals surface area contributed by atoms with E-state index in [0.717, 1.165) is 55.7 Å². The molecule has 0 heterocycles. The summed E-state index contributed by atoms with van der Waals surface area (Å²) in [7, 11) is 0. The molecule has 1 unspecified atom stereocenters. The van der Waals surface area contributed by atoms with Crippen LogP contribution in [0, 0.1) is 40.4 Å². The Morgan fingerprint density at radius 1 is 1.07 bits per heavy atom. The highest BCUT2D eigenvalue weighted by atomic mass is 16.5. The molecule has 4 aliphatic carbocycles. The van der Waals surface area contributed by atoms with Crippen molar-refractivity contribution in [3.8, 4) is 0 Å². The molecular weight excluding hydrogens is 528 g/mol. The van der Waals surface area contributed by atoms with Gasteiger partial charge in [-0.15, -0.1) is 0 Å². The number of aliphatic hydroxyl groups excluding tert-OH is 1. The molecule has 1 aromatic carbocycles. The minimum absolute atomic E-state index is 0.113. The zero-order valence-corrected chi connectivity index (χ0v) is 25.8. The van der Waals surface area contributed by atoms with Crippen LogP contribution in [0.4, 0.5) is 4.79 Å². The molecule has 0 spiro atoms. The van der Waals surface area contributed by atoms with Gasteiger partial charge in [-0.3, -0.25) is 0 Å². The van der Waals surface area contributed by atoms with E-state index in [4.69, 9.17) is 4.74 Å². The maximum Gasteiger partial charge on any atom is 0.408 e. The maximum absolute atomic E-state index is 12.2. The first-order chi connectivity index (χ1) is 20.1. The van der Waals surface area contributed by atoms with Gasteiger partial charge in [-0.05, 0) is 123 Å². The number of carboxylic acids is 1. The van der Waals surface area contributed by atoms with Crippen molar-refractivity contribution in [2.45, 2.75) is 104 Å². The van der Waals surface area contributed by atoms with Crippen LogP contribution in [0.3, 0.4) is 0 Å². The van der Waals surface area contributed by atoms with Gasteiger partial charge < -0.3 is 25.6 Å². The van der Waals surface area contributed by atoms with E-state index in [2.05, 4.69) is 37.5 Å². The van der Waals surface area contributed by atoms with Crippen molar-refractivity contribution in [1.29, 1.82) is 0 Å². The van der Waals surface area contributed by atoms with Gasteiger partial charge in [-0.25, -0.2) is 9.59 Å². The quantitative estimate of drug-likeness (QED) is 0.180. The summed E-state index contributed by atoms with van der Waals surface area (Å²) in [5.41, 5.74) is 3.08. The third-order valence-corrected chi connectivity index (χ3v) is 12.0. The number of benzene rings is 1. The Hall–Kier alpha value is -2.38. The average Bonchev–Trinajstić information content (AvgIpc) is 3.33. The van der Waals surface area contributed by atoms with Gasteiger partial charge in [0.1, 0.15) is 12.6 Å². The lowest BCUT2D eigenvalue weighted by molar-refractivity contribution is -0.139. The van der Waals surface area contributed by atoms with Crippen LogP contribution in [0.25, 0.3) is 0 Å². The summed E-state index contributed by atoms with van der Waals surface area (Å²) in [5, 5.41) is 26.0. The molecule has 3 fully saturated rings. The number of amides is 1. The minimum Gasteiger partial charge on any atom is -0.480 e. The Morgan fingerprint density at radius 2 is 1.86 bits per heavy atom. The van der Waals surface area contributed by atoms with Crippen molar-refractivity contribution in [2.24, 2.45) is 40.4 Å². The SMILES string of the molecule is C[C@H](CNCCC[C@H](NC(=O)OCc1ccccc1)C(=O)O)[C@H]1CC[C@H]2C3CC=C4C[C@@H](O)CC[C@]4(C)[C@H]3CC[C@]12C. The number of hydrogen-bond acceptors (Lipinski definition) is 5. The lowest BCUT2D eigenvalue weighted by Gasteiger charge is -2.58. The number of hydrogen-bond donors (Lipinski definition) is 4. The molecule has 4 aliphatic rings. The second-order valence-corrected chi connectivity index (χ2v) is 14.3. The lowest BCUT2D eigenvalue weighted by atomic mass is 9.47. The molecule has 0 aromatic heterocycles. The molecule has 0 radical (unpaired) electrons. The van der Waals surface area contributed by atoms with Crippen LogP contribution in [0.2, 0.25) is 0 Å². The summed E-state index contributed by atoms with van der Waals surface area (Å²) in [6.07, 6.45) is 12.1. The fourth-order valence-electron chi connectivity index (χ4n) is 9.68. The van der Waals surface area contributed by atoms with Crippen molar-refractivity contribution in [2.75, 3.05) is 13.1 Å². The van der Waals surface area contributed by atoms with E-state index in [9.17, 15) is 19.8 Å². The van der Waals surface area contributed by atoms with E-state index < -0.39 is 18.1 Å². The Labute approximate surface area is 251 Å². The number of fused-ring (bicyclic) bond motifs is 5. The average molecular weight is 581 g/mol. The van der Waals surface area contributed by atoms with Crippen molar-refractivity contribution >= 4 is 12.1 Å². The molecule has 4 N–H and O–H groups in total. The van der Waals surface area contributed by atoms with Crippen LogP contribution >= 0.6 is 0 Å². The maximum atomic E-state index is 12.2. The predicted molar refractivity (Wildman–Crippen MR) is 164 cm³/mol. The number of allylic oxidation sites excluding steroid dienone is 1. The van der Waals surface area contributed by atoms with Crippen molar-refractivity contribution in [1.82, 2.24) is 10.6 Å². The van der Waals surface area contributed by atoms with E-state index in [-0.39, 0.29) is 18.1 Å². The number of aliphatic hydroxyl groups is 1. The molecule has 7 nitrogen and oxygen atoms in total. The first kappa shape index (κ1) is 31.1. The third-order valence-electron chi connectivity index (χ3n) is 12.0. The molecule has 1 amide bonds. The highest BCUT2D eigenvalue weighted by Gasteiger charge is 2.59. The smallest absolute Gasteiger partial charge is 0.408 e. The normalized spacial score (nSPS) is 35.1. The molecule has 3 saturated carbocycles. The summed E-state index contributed by atoms with van der Waals surface area (Å²) < 4.78 is 5.20. The number of aliphatic carboxylic acids is 1. The molecule has 0 aliphatic heterocycles. The second kappa shape index (κ2) is 13.1. The highest BCUT2D eigenvalue weighted by molar-refractivity contribution is 5.79. The molecule has 0 saturated heterocycles. The molecule has 7 heteroatoms. The minimum atomic E-state index is -1.04. The van der Waals surface area contributed by atoms with Crippen LogP contribution in [0.5, 0.6) is 0 Å². The van der Waals surface area contributed by atoms with Gasteiger partial charge in [-0.1, -0.05) is 62.8 Å². The van der Waals surface area contributed by atoms with Crippen LogP contribution in [0.1, 0.15) is 90.5 Å². The van der Waals surface area contributed by atoms with Crippen molar-refractivity contribution < 1.29 is 24.5 Å². The van der Waals surface area contributed by atoms with Gasteiger partial charge in [0.05, 0.1) is 6.10 Å². The van der Waals surface area contributed by atoms with E-state index in [1.165, 1.54) is 32.1 Å². The molecule has 5 rings (SSSR count). The highest BCUT2D eigenvalue weighted by Crippen LogP contribution is 2.67. The van der Waals surface area contributed by atoms with Crippen molar-refractivity contribution in [3.05, 3.63) is 47.5 Å². The first-order valence-corrected chi connectivity index (χ1v) is 16.4. The summed E-state index contributed by atoms with van der Waals surface area (Å²) in [4.78, 5) is 23.9. The van der Waals surface area contributed by atoms with Gasteiger partial charge >= 0.3 is 12.1 Å². The molecule has 42 heavy (non-hydrogen) atoms. The fraction of sp³-hybridized carbons (Fsp3) is 0.714. The molecule has 0 bridgehead atoms. The van der Waals surface area contributed by atoms with Gasteiger partial charge in [0, 0.05) is 0 Å². The van der Waals surface area contributed by atoms with Gasteiger partial charge in [-0.2, -0.15) is 0 Å². The zero-order chi connectivity index (χ0) is 29.9. The topological polar surface area (TPSA) is 108 Å². The Kier molecular flexibility index (Phi) is 9.68. The Morgan fingerprint density at radius 3 is 2.62 bits per heavy atom. The van der Waals surface area contributed by atoms with Crippen LogP contribution < -0.4 is 10.6 Å². The van der Waals surface area contributed by atoms with Crippen LogP contribution in [-0.2, 0) is 16.1 Å². The number of nitrogens with one attached hydrogen (secondary N) is 2. The van der Waals surface area contributed by atoms with E-state index >= 15 is 0 Å².